The fourth-order valence-electron chi connectivity index (χ4n) is 1.85. The molecule has 0 radical (unpaired) electrons. The van der Waals surface area contributed by atoms with Crippen LogP contribution in [0.25, 0.3) is 0 Å². The molecule has 1 heteroatoms. The molecule has 0 aromatic heterocycles. The maximum atomic E-state index is 10.1. The van der Waals surface area contributed by atoms with Crippen LogP contribution in [0.4, 0.5) is 0 Å². The zero-order chi connectivity index (χ0) is 15.4. The molecule has 0 spiro atoms. The van der Waals surface area contributed by atoms with Crippen LogP contribution in [0.15, 0.2) is 48.6 Å². The second kappa shape index (κ2) is 18.6. The molecule has 21 heavy (non-hydrogen) atoms. The van der Waals surface area contributed by atoms with Crippen molar-refractivity contribution in [1.29, 1.82) is 0 Å². The van der Waals surface area contributed by atoms with Crippen molar-refractivity contribution in [2.45, 2.75) is 71.1 Å². The highest BCUT2D eigenvalue weighted by Gasteiger charge is 1.81. The highest BCUT2D eigenvalue weighted by Crippen LogP contribution is 2.01. The third-order valence-electron chi connectivity index (χ3n) is 3.07. The second-order valence-corrected chi connectivity index (χ2v) is 5.15. The summed E-state index contributed by atoms with van der Waals surface area (Å²) in [5.41, 5.74) is 0. The first-order chi connectivity index (χ1) is 10.4. The Balaban J connectivity index is 3.31. The Hall–Kier alpha value is -1.37. The molecule has 0 aromatic rings. The van der Waals surface area contributed by atoms with Gasteiger partial charge in [-0.2, -0.15) is 0 Å². The Bertz CT molecular complexity index is 321. The normalized spacial score (nSPS) is 12.4. The first-order valence-electron chi connectivity index (χ1n) is 8.45. The lowest BCUT2D eigenvalue weighted by Crippen LogP contribution is -1.71. The smallest absolute Gasteiger partial charge is 0.120 e. The van der Waals surface area contributed by atoms with Crippen molar-refractivity contribution < 1.29 is 4.79 Å². The summed E-state index contributed by atoms with van der Waals surface area (Å²) in [6.45, 7) is 2.21. The van der Waals surface area contributed by atoms with Crippen LogP contribution in [0.3, 0.4) is 0 Å². The van der Waals surface area contributed by atoms with Crippen LogP contribution >= 0.6 is 0 Å². The van der Waals surface area contributed by atoms with Gasteiger partial charge in [0.2, 0.25) is 0 Å². The number of hydrogen-bond acceptors (Lipinski definition) is 1. The predicted molar refractivity (Wildman–Crippen MR) is 94.5 cm³/mol. The Kier molecular flexibility index (Phi) is 17.4. The largest absolute Gasteiger partial charge is 0.303 e. The van der Waals surface area contributed by atoms with E-state index in [0.717, 1.165) is 44.8 Å². The SMILES string of the molecule is CCC/C=C/CC/C=C/CC/C=C/CC/C=C/CCC=O. The Morgan fingerprint density at radius 1 is 0.476 bits per heavy atom. The molecule has 118 valence electrons. The molecule has 0 aliphatic rings. The van der Waals surface area contributed by atoms with Gasteiger partial charge in [-0.05, 0) is 51.4 Å². The molecule has 0 bridgehead atoms. The van der Waals surface area contributed by atoms with Gasteiger partial charge in [0.25, 0.3) is 0 Å². The third-order valence-corrected chi connectivity index (χ3v) is 3.07. The number of unbranched alkanes of at least 4 members (excludes halogenated alkanes) is 5. The molecule has 0 atom stereocenters. The van der Waals surface area contributed by atoms with Crippen molar-refractivity contribution in [3.63, 3.8) is 0 Å². The first kappa shape index (κ1) is 19.6. The molecule has 0 rings (SSSR count). The van der Waals surface area contributed by atoms with Crippen LogP contribution < -0.4 is 0 Å². The standard InChI is InChI=1S/C20H32O/c1-2-3-4-5-6-7-8-9-10-11-12-13-14-15-16-17-18-19-20-21/h4-5,8-9,12-13,16-17,20H,2-3,6-7,10-11,14-15,18-19H2,1H3/b5-4+,9-8+,13-12+,17-16+. The predicted octanol–water partition coefficient (Wildman–Crippen LogP) is 6.33. The maximum absolute atomic E-state index is 10.1. The summed E-state index contributed by atoms with van der Waals surface area (Å²) in [6.07, 6.45) is 29.7. The number of hydrogen-bond donors (Lipinski definition) is 0. The molecule has 0 saturated heterocycles. The molecule has 0 aliphatic heterocycles. The summed E-state index contributed by atoms with van der Waals surface area (Å²) in [5.74, 6) is 0. The summed E-state index contributed by atoms with van der Waals surface area (Å²) in [4.78, 5) is 10.1. The van der Waals surface area contributed by atoms with Gasteiger partial charge in [-0.1, -0.05) is 62.0 Å². The summed E-state index contributed by atoms with van der Waals surface area (Å²) in [6, 6.07) is 0. The number of aldehydes is 1. The summed E-state index contributed by atoms with van der Waals surface area (Å²) in [7, 11) is 0. The molecule has 0 unspecified atom stereocenters. The van der Waals surface area contributed by atoms with Crippen LogP contribution in [0, 0.1) is 0 Å². The quantitative estimate of drug-likeness (QED) is 0.207. The summed E-state index contributed by atoms with van der Waals surface area (Å²) < 4.78 is 0. The van der Waals surface area contributed by atoms with Crippen LogP contribution in [-0.4, -0.2) is 6.29 Å². The molecule has 1 nitrogen and oxygen atoms in total. The Morgan fingerprint density at radius 3 is 1.05 bits per heavy atom. The molecule has 0 saturated carbocycles. The molecule has 0 N–H and O–H groups in total. The van der Waals surface area contributed by atoms with Gasteiger partial charge in [0.15, 0.2) is 0 Å². The lowest BCUT2D eigenvalue weighted by molar-refractivity contribution is -0.107. The van der Waals surface area contributed by atoms with Gasteiger partial charge in [-0.3, -0.25) is 0 Å². The van der Waals surface area contributed by atoms with E-state index in [2.05, 4.69) is 55.5 Å². The zero-order valence-corrected chi connectivity index (χ0v) is 13.7. The first-order valence-corrected chi connectivity index (χ1v) is 8.45. The van der Waals surface area contributed by atoms with E-state index in [-0.39, 0.29) is 0 Å². The Morgan fingerprint density at radius 2 is 0.762 bits per heavy atom. The zero-order valence-electron chi connectivity index (χ0n) is 13.7. The van der Waals surface area contributed by atoms with Crippen molar-refractivity contribution in [3.05, 3.63) is 48.6 Å². The molecular formula is C20H32O. The van der Waals surface area contributed by atoms with Gasteiger partial charge in [0, 0.05) is 6.42 Å². The minimum atomic E-state index is 0.646. The van der Waals surface area contributed by atoms with E-state index in [1.165, 1.54) is 19.3 Å². The van der Waals surface area contributed by atoms with Crippen molar-refractivity contribution in [1.82, 2.24) is 0 Å². The number of allylic oxidation sites excluding steroid dienone is 8. The maximum Gasteiger partial charge on any atom is 0.120 e. The fourth-order valence-corrected chi connectivity index (χ4v) is 1.85. The molecule has 0 amide bonds. The highest BCUT2D eigenvalue weighted by molar-refractivity contribution is 5.49. The number of carbonyl (C=O) groups is 1. The average molecular weight is 288 g/mol. The van der Waals surface area contributed by atoms with Crippen LogP contribution in [0.2, 0.25) is 0 Å². The molecule has 0 aliphatic carbocycles. The van der Waals surface area contributed by atoms with E-state index in [0.29, 0.717) is 6.42 Å². The summed E-state index contributed by atoms with van der Waals surface area (Å²) in [5, 5.41) is 0. The average Bonchev–Trinajstić information content (AvgIpc) is 2.50. The highest BCUT2D eigenvalue weighted by atomic mass is 16.1. The van der Waals surface area contributed by atoms with Gasteiger partial charge in [-0.15, -0.1) is 0 Å². The second-order valence-electron chi connectivity index (χ2n) is 5.15. The van der Waals surface area contributed by atoms with Gasteiger partial charge in [-0.25, -0.2) is 0 Å². The molecule has 0 fully saturated rings. The topological polar surface area (TPSA) is 17.1 Å². The van der Waals surface area contributed by atoms with Crippen molar-refractivity contribution in [2.75, 3.05) is 0 Å². The van der Waals surface area contributed by atoms with Crippen molar-refractivity contribution >= 4 is 6.29 Å². The van der Waals surface area contributed by atoms with Crippen molar-refractivity contribution in [3.8, 4) is 0 Å². The third kappa shape index (κ3) is 18.6. The fraction of sp³-hybridized carbons (Fsp3) is 0.550. The lowest BCUT2D eigenvalue weighted by Gasteiger charge is -1.90. The van der Waals surface area contributed by atoms with Gasteiger partial charge in [0.05, 0.1) is 0 Å². The van der Waals surface area contributed by atoms with E-state index in [9.17, 15) is 4.79 Å². The number of carbonyl (C=O) groups excluding carboxylic acids is 1. The van der Waals surface area contributed by atoms with Crippen LogP contribution in [0.5, 0.6) is 0 Å². The van der Waals surface area contributed by atoms with Gasteiger partial charge >= 0.3 is 0 Å². The molecule has 0 heterocycles. The monoisotopic (exact) mass is 288 g/mol. The molecule has 0 aromatic carbocycles. The summed E-state index contributed by atoms with van der Waals surface area (Å²) >= 11 is 0. The van der Waals surface area contributed by atoms with E-state index in [1.54, 1.807) is 0 Å². The van der Waals surface area contributed by atoms with E-state index in [1.807, 2.05) is 0 Å². The van der Waals surface area contributed by atoms with Crippen LogP contribution in [0.1, 0.15) is 71.1 Å². The minimum absolute atomic E-state index is 0.646. The Labute approximate surface area is 131 Å². The van der Waals surface area contributed by atoms with E-state index < -0.39 is 0 Å². The minimum Gasteiger partial charge on any atom is -0.303 e. The number of rotatable bonds is 14. The molecular weight excluding hydrogens is 256 g/mol. The van der Waals surface area contributed by atoms with Crippen molar-refractivity contribution in [2.24, 2.45) is 0 Å². The lowest BCUT2D eigenvalue weighted by atomic mass is 10.2. The van der Waals surface area contributed by atoms with Crippen LogP contribution in [-0.2, 0) is 4.79 Å². The van der Waals surface area contributed by atoms with E-state index in [4.69, 9.17) is 0 Å². The van der Waals surface area contributed by atoms with Gasteiger partial charge in [0.1, 0.15) is 6.29 Å². The van der Waals surface area contributed by atoms with E-state index >= 15 is 0 Å². The van der Waals surface area contributed by atoms with Gasteiger partial charge < -0.3 is 4.79 Å².